The highest BCUT2D eigenvalue weighted by atomic mass is 19.2. The fourth-order valence-electron chi connectivity index (χ4n) is 1.53. The molecule has 0 aliphatic heterocycles. The third-order valence-corrected chi connectivity index (χ3v) is 2.45. The number of anilines is 1. The summed E-state index contributed by atoms with van der Waals surface area (Å²) in [6.07, 6.45) is 1.59. The Morgan fingerprint density at radius 1 is 1.38 bits per heavy atom. The van der Waals surface area contributed by atoms with E-state index in [1.807, 2.05) is 0 Å². The van der Waals surface area contributed by atoms with Crippen molar-refractivity contribution >= 4 is 5.95 Å². The van der Waals surface area contributed by atoms with E-state index in [0.717, 1.165) is 11.8 Å². The third kappa shape index (κ3) is 1.76. The molecule has 2 aromatic rings. The molecule has 0 amide bonds. The van der Waals surface area contributed by atoms with Gasteiger partial charge in [-0.05, 0) is 13.0 Å². The summed E-state index contributed by atoms with van der Waals surface area (Å²) in [4.78, 5) is 3.89. The molecule has 1 aromatic heterocycles. The lowest BCUT2D eigenvalue weighted by atomic mass is 10.2. The quantitative estimate of drug-likeness (QED) is 0.847. The van der Waals surface area contributed by atoms with Crippen LogP contribution in [-0.2, 0) is 6.54 Å². The van der Waals surface area contributed by atoms with Crippen molar-refractivity contribution in [3.63, 3.8) is 0 Å². The highest BCUT2D eigenvalue weighted by Crippen LogP contribution is 2.15. The van der Waals surface area contributed by atoms with Gasteiger partial charge in [-0.1, -0.05) is 12.1 Å². The van der Waals surface area contributed by atoms with Crippen LogP contribution in [0.1, 0.15) is 11.3 Å². The summed E-state index contributed by atoms with van der Waals surface area (Å²) in [5.74, 6) is -1.40. The van der Waals surface area contributed by atoms with Gasteiger partial charge in [0.15, 0.2) is 11.6 Å². The third-order valence-electron chi connectivity index (χ3n) is 2.45. The van der Waals surface area contributed by atoms with E-state index >= 15 is 0 Å². The van der Waals surface area contributed by atoms with Crippen LogP contribution in [0.4, 0.5) is 14.7 Å². The Balaban J connectivity index is 2.38. The summed E-state index contributed by atoms with van der Waals surface area (Å²) in [5.41, 5.74) is 6.68. The van der Waals surface area contributed by atoms with Crippen molar-refractivity contribution in [2.75, 3.05) is 5.73 Å². The van der Waals surface area contributed by atoms with E-state index in [1.165, 1.54) is 12.1 Å². The predicted molar refractivity (Wildman–Crippen MR) is 56.8 cm³/mol. The Kier molecular flexibility index (Phi) is 2.60. The number of hydrogen-bond acceptors (Lipinski definition) is 2. The summed E-state index contributed by atoms with van der Waals surface area (Å²) in [6.45, 7) is 1.99. The molecule has 0 unspecified atom stereocenters. The number of halogens is 2. The fraction of sp³-hybridized carbons (Fsp3) is 0.182. The Morgan fingerprint density at radius 3 is 2.75 bits per heavy atom. The van der Waals surface area contributed by atoms with Crippen molar-refractivity contribution in [2.24, 2.45) is 0 Å². The van der Waals surface area contributed by atoms with Crippen LogP contribution in [0.25, 0.3) is 0 Å². The number of aromatic nitrogens is 2. The number of nitrogen functional groups attached to an aromatic ring is 1. The zero-order valence-electron chi connectivity index (χ0n) is 8.74. The molecule has 1 aromatic carbocycles. The minimum Gasteiger partial charge on any atom is -0.369 e. The molecule has 2 rings (SSSR count). The smallest absolute Gasteiger partial charge is 0.200 e. The van der Waals surface area contributed by atoms with Crippen LogP contribution in [0.2, 0.25) is 0 Å². The van der Waals surface area contributed by atoms with Gasteiger partial charge in [0.25, 0.3) is 0 Å². The molecule has 0 fully saturated rings. The average Bonchev–Trinajstić information content (AvgIpc) is 2.56. The minimum atomic E-state index is -0.853. The minimum absolute atomic E-state index is 0.182. The van der Waals surface area contributed by atoms with E-state index < -0.39 is 11.6 Å². The number of nitrogens with two attached hydrogens (primary N) is 1. The standard InChI is InChI=1S/C11H11F2N3/c1-7-5-15-11(14)16(7)6-8-3-2-4-9(12)10(8)13/h2-5H,6H2,1H3,(H2,14,15). The molecule has 1 heterocycles. The van der Waals surface area contributed by atoms with Crippen LogP contribution < -0.4 is 5.73 Å². The van der Waals surface area contributed by atoms with Gasteiger partial charge in [-0.25, -0.2) is 13.8 Å². The van der Waals surface area contributed by atoms with E-state index in [9.17, 15) is 8.78 Å². The van der Waals surface area contributed by atoms with Crippen molar-refractivity contribution in [3.05, 3.63) is 47.3 Å². The van der Waals surface area contributed by atoms with Crippen molar-refractivity contribution in [1.29, 1.82) is 0 Å². The largest absolute Gasteiger partial charge is 0.369 e. The SMILES string of the molecule is Cc1cnc(N)n1Cc1cccc(F)c1F. The summed E-state index contributed by atoms with van der Waals surface area (Å²) in [5, 5.41) is 0. The van der Waals surface area contributed by atoms with Crippen molar-refractivity contribution < 1.29 is 8.78 Å². The average molecular weight is 223 g/mol. The number of aryl methyl sites for hydroxylation is 1. The first-order valence-corrected chi connectivity index (χ1v) is 4.80. The number of hydrogen-bond donors (Lipinski definition) is 1. The maximum atomic E-state index is 13.4. The second-order valence-electron chi connectivity index (χ2n) is 3.56. The molecule has 3 nitrogen and oxygen atoms in total. The Bertz CT molecular complexity index is 500. The number of imidazole rings is 1. The van der Waals surface area contributed by atoms with Crippen molar-refractivity contribution in [1.82, 2.24) is 9.55 Å². The second-order valence-corrected chi connectivity index (χ2v) is 3.56. The van der Waals surface area contributed by atoms with Gasteiger partial charge in [0, 0.05) is 11.3 Å². The molecule has 0 aliphatic carbocycles. The molecule has 0 spiro atoms. The van der Waals surface area contributed by atoms with Crippen LogP contribution >= 0.6 is 0 Å². The second kappa shape index (κ2) is 3.92. The maximum absolute atomic E-state index is 13.4. The number of nitrogens with zero attached hydrogens (tertiary/aromatic N) is 2. The first-order chi connectivity index (χ1) is 7.59. The monoisotopic (exact) mass is 223 g/mol. The van der Waals surface area contributed by atoms with E-state index in [0.29, 0.717) is 5.95 Å². The van der Waals surface area contributed by atoms with Gasteiger partial charge < -0.3 is 10.3 Å². The van der Waals surface area contributed by atoms with E-state index in [2.05, 4.69) is 4.98 Å². The van der Waals surface area contributed by atoms with Gasteiger partial charge in [0.2, 0.25) is 5.95 Å². The first-order valence-electron chi connectivity index (χ1n) is 4.80. The zero-order chi connectivity index (χ0) is 11.7. The molecule has 84 valence electrons. The molecule has 0 saturated heterocycles. The van der Waals surface area contributed by atoms with Crippen LogP contribution in [0.15, 0.2) is 24.4 Å². The first kappa shape index (κ1) is 10.6. The van der Waals surface area contributed by atoms with Gasteiger partial charge >= 0.3 is 0 Å². The van der Waals surface area contributed by atoms with Crippen LogP contribution in [-0.4, -0.2) is 9.55 Å². The Morgan fingerprint density at radius 2 is 2.12 bits per heavy atom. The molecular weight excluding hydrogens is 212 g/mol. The van der Waals surface area contributed by atoms with Crippen LogP contribution in [0, 0.1) is 18.6 Å². The normalized spacial score (nSPS) is 10.7. The topological polar surface area (TPSA) is 43.8 Å². The van der Waals surface area contributed by atoms with Crippen LogP contribution in [0.3, 0.4) is 0 Å². The predicted octanol–water partition coefficient (Wildman–Crippen LogP) is 2.10. The Hall–Kier alpha value is -1.91. The Labute approximate surface area is 91.5 Å². The van der Waals surface area contributed by atoms with Gasteiger partial charge in [-0.3, -0.25) is 0 Å². The fourth-order valence-corrected chi connectivity index (χ4v) is 1.53. The van der Waals surface area contributed by atoms with Gasteiger partial charge in [-0.15, -0.1) is 0 Å². The molecule has 0 aliphatic rings. The highest BCUT2D eigenvalue weighted by molar-refractivity contribution is 5.26. The van der Waals surface area contributed by atoms with E-state index in [-0.39, 0.29) is 12.1 Å². The number of rotatable bonds is 2. The summed E-state index contributed by atoms with van der Waals surface area (Å²) >= 11 is 0. The zero-order valence-corrected chi connectivity index (χ0v) is 8.74. The molecule has 2 N–H and O–H groups in total. The summed E-state index contributed by atoms with van der Waals surface area (Å²) in [7, 11) is 0. The molecule has 0 bridgehead atoms. The summed E-state index contributed by atoms with van der Waals surface area (Å²) < 4.78 is 28.0. The summed E-state index contributed by atoms with van der Waals surface area (Å²) in [6, 6.07) is 4.08. The van der Waals surface area contributed by atoms with Gasteiger partial charge in [0.05, 0.1) is 12.7 Å². The van der Waals surface area contributed by atoms with Crippen molar-refractivity contribution in [3.8, 4) is 0 Å². The molecule has 5 heteroatoms. The van der Waals surface area contributed by atoms with E-state index in [4.69, 9.17) is 5.73 Å². The highest BCUT2D eigenvalue weighted by Gasteiger charge is 2.10. The van der Waals surface area contributed by atoms with Gasteiger partial charge in [0.1, 0.15) is 0 Å². The molecule has 0 saturated carbocycles. The van der Waals surface area contributed by atoms with Crippen molar-refractivity contribution in [2.45, 2.75) is 13.5 Å². The molecule has 0 atom stereocenters. The maximum Gasteiger partial charge on any atom is 0.200 e. The lowest BCUT2D eigenvalue weighted by Gasteiger charge is -2.08. The van der Waals surface area contributed by atoms with Crippen LogP contribution in [0.5, 0.6) is 0 Å². The lowest BCUT2D eigenvalue weighted by Crippen LogP contribution is -2.08. The number of benzene rings is 1. The molecule has 0 radical (unpaired) electrons. The lowest BCUT2D eigenvalue weighted by molar-refractivity contribution is 0.495. The van der Waals surface area contributed by atoms with E-state index in [1.54, 1.807) is 17.7 Å². The van der Waals surface area contributed by atoms with Gasteiger partial charge in [-0.2, -0.15) is 0 Å². The molecular formula is C11H11F2N3. The molecule has 16 heavy (non-hydrogen) atoms.